The number of carbonyl (C=O) groups is 1. The van der Waals surface area contributed by atoms with E-state index in [1.807, 2.05) is 18.3 Å². The highest BCUT2D eigenvalue weighted by Crippen LogP contribution is 2.29. The molecule has 3 aromatic rings. The molecule has 0 aliphatic heterocycles. The van der Waals surface area contributed by atoms with Gasteiger partial charge in [0.1, 0.15) is 17.5 Å². The first-order chi connectivity index (χ1) is 12.2. The lowest BCUT2D eigenvalue weighted by molar-refractivity contribution is 0.0945. The van der Waals surface area contributed by atoms with Gasteiger partial charge in [0.2, 0.25) is 0 Å². The molecule has 0 radical (unpaired) electrons. The molecule has 0 saturated heterocycles. The summed E-state index contributed by atoms with van der Waals surface area (Å²) in [5.41, 5.74) is 1.91. The number of methoxy groups -OCH3 is 2. The van der Waals surface area contributed by atoms with Gasteiger partial charge in [-0.1, -0.05) is 6.07 Å². The maximum atomic E-state index is 12.5. The van der Waals surface area contributed by atoms with Gasteiger partial charge in [0, 0.05) is 28.9 Å². The average Bonchev–Trinajstić information content (AvgIpc) is 3.13. The third-order valence-corrected chi connectivity index (χ3v) is 3.97. The van der Waals surface area contributed by atoms with Crippen LogP contribution in [0.1, 0.15) is 22.0 Å². The van der Waals surface area contributed by atoms with Crippen LogP contribution in [0.5, 0.6) is 11.5 Å². The summed E-state index contributed by atoms with van der Waals surface area (Å²) in [6.07, 6.45) is 1.81. The summed E-state index contributed by atoms with van der Waals surface area (Å²) in [5, 5.41) is 13.3. The smallest absolute Gasteiger partial charge is 0.252 e. The Bertz CT molecular complexity index is 956. The highest BCUT2D eigenvalue weighted by atomic mass is 16.5. The summed E-state index contributed by atoms with van der Waals surface area (Å²) in [6.45, 7) is 0. The SMILES string of the molecule is COc1ccc([C@@H](C#N)NC(=O)c2ccc3cc[nH]c3c2)c(OC)c1. The van der Waals surface area contributed by atoms with Crippen molar-refractivity contribution in [1.82, 2.24) is 10.3 Å². The second-order valence-corrected chi connectivity index (χ2v) is 5.42. The van der Waals surface area contributed by atoms with E-state index in [4.69, 9.17) is 9.47 Å². The second-order valence-electron chi connectivity index (χ2n) is 5.42. The highest BCUT2D eigenvalue weighted by molar-refractivity contribution is 5.98. The Labute approximate surface area is 145 Å². The number of H-pyrrole nitrogens is 1. The minimum absolute atomic E-state index is 0.332. The van der Waals surface area contributed by atoms with E-state index in [0.29, 0.717) is 22.6 Å². The molecule has 3 rings (SSSR count). The van der Waals surface area contributed by atoms with Crippen LogP contribution < -0.4 is 14.8 Å². The van der Waals surface area contributed by atoms with Crippen LogP contribution >= 0.6 is 0 Å². The minimum atomic E-state index is -0.840. The Morgan fingerprint density at radius 1 is 1.16 bits per heavy atom. The number of nitrogens with zero attached hydrogens (tertiary/aromatic N) is 1. The third kappa shape index (κ3) is 3.26. The lowest BCUT2D eigenvalue weighted by Crippen LogP contribution is -2.27. The molecule has 0 fully saturated rings. The van der Waals surface area contributed by atoms with Gasteiger partial charge in [-0.2, -0.15) is 5.26 Å². The van der Waals surface area contributed by atoms with Crippen LogP contribution in [-0.4, -0.2) is 25.1 Å². The third-order valence-electron chi connectivity index (χ3n) is 3.97. The number of aromatic nitrogens is 1. The number of benzene rings is 2. The maximum absolute atomic E-state index is 12.5. The lowest BCUT2D eigenvalue weighted by atomic mass is 10.1. The Kier molecular flexibility index (Phi) is 4.57. The molecule has 25 heavy (non-hydrogen) atoms. The number of fused-ring (bicyclic) bond motifs is 1. The number of hydrogen-bond donors (Lipinski definition) is 2. The largest absolute Gasteiger partial charge is 0.497 e. The van der Waals surface area contributed by atoms with E-state index in [1.165, 1.54) is 7.11 Å². The quantitative estimate of drug-likeness (QED) is 0.750. The number of ether oxygens (including phenoxy) is 2. The summed E-state index contributed by atoms with van der Waals surface area (Å²) < 4.78 is 10.5. The first-order valence-corrected chi connectivity index (χ1v) is 7.66. The van der Waals surface area contributed by atoms with Gasteiger partial charge in [-0.25, -0.2) is 0 Å². The van der Waals surface area contributed by atoms with E-state index < -0.39 is 6.04 Å². The molecular weight excluding hydrogens is 318 g/mol. The van der Waals surface area contributed by atoms with Crippen LogP contribution in [0.4, 0.5) is 0 Å². The van der Waals surface area contributed by atoms with Gasteiger partial charge in [-0.3, -0.25) is 4.79 Å². The van der Waals surface area contributed by atoms with E-state index in [1.54, 1.807) is 37.4 Å². The summed E-state index contributed by atoms with van der Waals surface area (Å²) >= 11 is 0. The number of carbonyl (C=O) groups excluding carboxylic acids is 1. The number of rotatable bonds is 5. The summed E-state index contributed by atoms with van der Waals surface area (Å²) in [7, 11) is 3.06. The Hall–Kier alpha value is -3.46. The molecule has 1 amide bonds. The summed E-state index contributed by atoms with van der Waals surface area (Å²) in [5.74, 6) is 0.757. The molecule has 0 unspecified atom stereocenters. The molecule has 1 atom stereocenters. The molecule has 6 heteroatoms. The van der Waals surface area contributed by atoms with Crippen LogP contribution in [0.3, 0.4) is 0 Å². The molecule has 0 aliphatic rings. The van der Waals surface area contributed by atoms with Crippen molar-refractivity contribution < 1.29 is 14.3 Å². The van der Waals surface area contributed by atoms with Crippen molar-refractivity contribution in [3.05, 3.63) is 59.8 Å². The van der Waals surface area contributed by atoms with Gasteiger partial charge in [0.05, 0.1) is 20.3 Å². The van der Waals surface area contributed by atoms with Gasteiger partial charge in [0.15, 0.2) is 0 Å². The zero-order valence-electron chi connectivity index (χ0n) is 13.9. The van der Waals surface area contributed by atoms with Gasteiger partial charge in [0.25, 0.3) is 5.91 Å². The van der Waals surface area contributed by atoms with E-state index >= 15 is 0 Å². The molecule has 0 saturated carbocycles. The van der Waals surface area contributed by atoms with Crippen LogP contribution in [0, 0.1) is 11.3 Å². The first-order valence-electron chi connectivity index (χ1n) is 7.66. The van der Waals surface area contributed by atoms with Crippen molar-refractivity contribution in [3.8, 4) is 17.6 Å². The van der Waals surface area contributed by atoms with Crippen molar-refractivity contribution in [2.45, 2.75) is 6.04 Å². The Morgan fingerprint density at radius 3 is 2.72 bits per heavy atom. The number of nitrogens with one attached hydrogen (secondary N) is 2. The predicted molar refractivity (Wildman–Crippen MR) is 93.7 cm³/mol. The van der Waals surface area contributed by atoms with Crippen LogP contribution in [0.2, 0.25) is 0 Å². The van der Waals surface area contributed by atoms with Gasteiger partial charge >= 0.3 is 0 Å². The molecule has 126 valence electrons. The van der Waals surface area contributed by atoms with Gasteiger partial charge in [-0.05, 0) is 35.7 Å². The fourth-order valence-corrected chi connectivity index (χ4v) is 2.64. The Morgan fingerprint density at radius 2 is 2.00 bits per heavy atom. The standard InChI is InChI=1S/C19H17N3O3/c1-24-14-5-6-15(18(10-14)25-2)17(11-20)22-19(23)13-4-3-12-7-8-21-16(12)9-13/h3-10,17,21H,1-2H3,(H,22,23)/t17-/m1/s1. The normalized spacial score (nSPS) is 11.6. The number of aromatic amines is 1. The zero-order valence-corrected chi connectivity index (χ0v) is 13.9. The number of hydrogen-bond acceptors (Lipinski definition) is 4. The second kappa shape index (κ2) is 6.97. The molecule has 1 heterocycles. The topological polar surface area (TPSA) is 87.1 Å². The van der Waals surface area contributed by atoms with Gasteiger partial charge < -0.3 is 19.8 Å². The van der Waals surface area contributed by atoms with Crippen molar-refractivity contribution in [2.75, 3.05) is 14.2 Å². The van der Waals surface area contributed by atoms with E-state index in [9.17, 15) is 10.1 Å². The fraction of sp³-hybridized carbons (Fsp3) is 0.158. The molecule has 2 N–H and O–H groups in total. The van der Waals surface area contributed by atoms with Crippen molar-refractivity contribution in [2.24, 2.45) is 0 Å². The van der Waals surface area contributed by atoms with Gasteiger partial charge in [-0.15, -0.1) is 0 Å². The molecular formula is C19H17N3O3. The molecule has 0 spiro atoms. The minimum Gasteiger partial charge on any atom is -0.497 e. The number of nitriles is 1. The summed E-state index contributed by atoms with van der Waals surface area (Å²) in [6, 6.07) is 13.6. The fourth-order valence-electron chi connectivity index (χ4n) is 2.64. The zero-order chi connectivity index (χ0) is 17.8. The summed E-state index contributed by atoms with van der Waals surface area (Å²) in [4.78, 5) is 15.6. The molecule has 2 aromatic carbocycles. The predicted octanol–water partition coefficient (Wildman–Crippen LogP) is 3.18. The molecule has 0 bridgehead atoms. The van der Waals surface area contributed by atoms with Crippen LogP contribution in [0.25, 0.3) is 10.9 Å². The molecule has 1 aromatic heterocycles. The monoisotopic (exact) mass is 335 g/mol. The van der Waals surface area contributed by atoms with Crippen LogP contribution in [0.15, 0.2) is 48.7 Å². The van der Waals surface area contributed by atoms with Crippen molar-refractivity contribution in [3.63, 3.8) is 0 Å². The molecule has 6 nitrogen and oxygen atoms in total. The van der Waals surface area contributed by atoms with E-state index in [-0.39, 0.29) is 5.91 Å². The highest BCUT2D eigenvalue weighted by Gasteiger charge is 2.19. The van der Waals surface area contributed by atoms with Crippen molar-refractivity contribution in [1.29, 1.82) is 5.26 Å². The first kappa shape index (κ1) is 16.4. The van der Waals surface area contributed by atoms with Crippen molar-refractivity contribution >= 4 is 16.8 Å². The maximum Gasteiger partial charge on any atom is 0.252 e. The number of amides is 1. The lowest BCUT2D eigenvalue weighted by Gasteiger charge is -2.16. The van der Waals surface area contributed by atoms with E-state index in [2.05, 4.69) is 16.4 Å². The Balaban J connectivity index is 1.86. The average molecular weight is 335 g/mol. The van der Waals surface area contributed by atoms with Crippen LogP contribution in [-0.2, 0) is 0 Å². The van der Waals surface area contributed by atoms with E-state index in [0.717, 1.165) is 10.9 Å². The molecule has 0 aliphatic carbocycles.